The fourth-order valence-corrected chi connectivity index (χ4v) is 2.27. The van der Waals surface area contributed by atoms with Gasteiger partial charge in [-0.15, -0.1) is 5.10 Å². The number of nitrogen functional groups attached to an aromatic ring is 1. The highest BCUT2D eigenvalue weighted by atomic mass is 16.6. The first-order chi connectivity index (χ1) is 12.6. The van der Waals surface area contributed by atoms with Crippen molar-refractivity contribution < 1.29 is 9.42 Å². The number of nitrogens with zero attached hydrogens (tertiary/aromatic N) is 7. The quantitative estimate of drug-likeness (QED) is 0.485. The zero-order valence-electron chi connectivity index (χ0n) is 14.2. The summed E-state index contributed by atoms with van der Waals surface area (Å²) in [5.41, 5.74) is 10.1. The summed E-state index contributed by atoms with van der Waals surface area (Å²) < 4.78 is 5.93. The van der Waals surface area contributed by atoms with Gasteiger partial charge in [-0.25, -0.2) is 10.1 Å². The summed E-state index contributed by atoms with van der Waals surface area (Å²) in [6.45, 7) is 3.71. The number of rotatable bonds is 6. The minimum Gasteiger partial charge on any atom is -0.378 e. The molecular weight excluding hydrogens is 338 g/mol. The standard InChI is InChI=1S/C15H17N9O2/c1-3-6-11-12(19-23-24(11)14-13(16)21-26-22-14)15(25)20-18-9(2)10-7-4-5-8-17-10/h4-5,7-8H,3,6H2,1-2H3,(H2,16,21)(H,20,25)/b18-9-. The van der Waals surface area contributed by atoms with Crippen LogP contribution >= 0.6 is 0 Å². The van der Waals surface area contributed by atoms with E-state index in [0.717, 1.165) is 6.42 Å². The zero-order valence-corrected chi connectivity index (χ0v) is 14.2. The monoisotopic (exact) mass is 355 g/mol. The van der Waals surface area contributed by atoms with Crippen LogP contribution in [-0.2, 0) is 6.42 Å². The van der Waals surface area contributed by atoms with E-state index in [1.807, 2.05) is 13.0 Å². The maximum Gasteiger partial charge on any atom is 0.293 e. The summed E-state index contributed by atoms with van der Waals surface area (Å²) in [4.78, 5) is 16.7. The van der Waals surface area contributed by atoms with Gasteiger partial charge in [0.25, 0.3) is 5.91 Å². The smallest absolute Gasteiger partial charge is 0.293 e. The predicted molar refractivity (Wildman–Crippen MR) is 91.5 cm³/mol. The number of carbonyl (C=O) groups excluding carboxylic acids is 1. The van der Waals surface area contributed by atoms with Gasteiger partial charge in [0.1, 0.15) is 0 Å². The topological polar surface area (TPSA) is 150 Å². The van der Waals surface area contributed by atoms with Gasteiger partial charge in [-0.05, 0) is 35.8 Å². The molecule has 0 aliphatic heterocycles. The summed E-state index contributed by atoms with van der Waals surface area (Å²) in [6, 6.07) is 5.43. The number of nitrogens with two attached hydrogens (primary N) is 1. The van der Waals surface area contributed by atoms with E-state index in [-0.39, 0.29) is 17.3 Å². The molecule has 0 aliphatic carbocycles. The molecule has 3 N–H and O–H groups in total. The third-order valence-corrected chi connectivity index (χ3v) is 3.52. The molecule has 11 heteroatoms. The molecule has 3 rings (SSSR count). The van der Waals surface area contributed by atoms with Gasteiger partial charge in [0.05, 0.1) is 17.1 Å². The number of hydrazone groups is 1. The van der Waals surface area contributed by atoms with Crippen LogP contribution in [0, 0.1) is 0 Å². The van der Waals surface area contributed by atoms with E-state index in [1.165, 1.54) is 4.68 Å². The number of hydrogen-bond acceptors (Lipinski definition) is 9. The molecule has 3 aromatic heterocycles. The summed E-state index contributed by atoms with van der Waals surface area (Å²) in [6.07, 6.45) is 2.94. The van der Waals surface area contributed by atoms with E-state index in [1.54, 1.807) is 25.3 Å². The van der Waals surface area contributed by atoms with Crippen LogP contribution in [0.15, 0.2) is 34.1 Å². The Bertz CT molecular complexity index is 930. The van der Waals surface area contributed by atoms with Crippen molar-refractivity contribution in [1.29, 1.82) is 0 Å². The van der Waals surface area contributed by atoms with E-state index in [2.05, 4.69) is 40.8 Å². The van der Waals surface area contributed by atoms with Crippen LogP contribution in [0.4, 0.5) is 5.82 Å². The van der Waals surface area contributed by atoms with Crippen LogP contribution < -0.4 is 11.2 Å². The van der Waals surface area contributed by atoms with Gasteiger partial charge < -0.3 is 5.73 Å². The normalized spacial score (nSPS) is 11.5. The van der Waals surface area contributed by atoms with Gasteiger partial charge in [-0.3, -0.25) is 9.78 Å². The minimum atomic E-state index is -0.495. The maximum absolute atomic E-state index is 12.5. The van der Waals surface area contributed by atoms with E-state index in [0.29, 0.717) is 23.5 Å². The van der Waals surface area contributed by atoms with Gasteiger partial charge in [-0.1, -0.05) is 24.6 Å². The van der Waals surface area contributed by atoms with Crippen LogP contribution in [0.3, 0.4) is 0 Å². The largest absolute Gasteiger partial charge is 0.378 e. The summed E-state index contributed by atoms with van der Waals surface area (Å²) in [5.74, 6) is -0.249. The fraction of sp³-hybridized carbons (Fsp3) is 0.267. The Morgan fingerprint density at radius 3 is 2.88 bits per heavy atom. The van der Waals surface area contributed by atoms with E-state index < -0.39 is 5.91 Å². The zero-order chi connectivity index (χ0) is 18.5. The lowest BCUT2D eigenvalue weighted by atomic mass is 10.2. The molecule has 0 radical (unpaired) electrons. The fourth-order valence-electron chi connectivity index (χ4n) is 2.27. The average Bonchev–Trinajstić information content (AvgIpc) is 3.26. The Morgan fingerprint density at radius 2 is 2.23 bits per heavy atom. The van der Waals surface area contributed by atoms with Gasteiger partial charge in [0.15, 0.2) is 5.69 Å². The average molecular weight is 355 g/mol. The number of nitrogens with one attached hydrogen (secondary N) is 1. The molecule has 0 saturated heterocycles. The number of hydrogen-bond donors (Lipinski definition) is 2. The van der Waals surface area contributed by atoms with Crippen molar-refractivity contribution in [2.24, 2.45) is 5.10 Å². The molecule has 0 bridgehead atoms. The Morgan fingerprint density at radius 1 is 1.38 bits per heavy atom. The third-order valence-electron chi connectivity index (χ3n) is 3.52. The number of anilines is 1. The van der Waals surface area contributed by atoms with Crippen molar-refractivity contribution in [2.75, 3.05) is 5.73 Å². The van der Waals surface area contributed by atoms with Crippen molar-refractivity contribution in [3.8, 4) is 5.82 Å². The Labute approximate surface area is 148 Å². The van der Waals surface area contributed by atoms with Gasteiger partial charge in [-0.2, -0.15) is 9.78 Å². The number of aromatic nitrogens is 6. The first kappa shape index (κ1) is 17.2. The maximum atomic E-state index is 12.5. The predicted octanol–water partition coefficient (Wildman–Crippen LogP) is 0.734. The van der Waals surface area contributed by atoms with Crippen molar-refractivity contribution in [3.05, 3.63) is 41.5 Å². The van der Waals surface area contributed by atoms with Crippen molar-refractivity contribution >= 4 is 17.4 Å². The number of amides is 1. The Kier molecular flexibility index (Phi) is 4.97. The number of pyridine rings is 1. The second kappa shape index (κ2) is 7.51. The second-order valence-electron chi connectivity index (χ2n) is 5.37. The Balaban J connectivity index is 1.86. The number of carbonyl (C=O) groups is 1. The molecule has 26 heavy (non-hydrogen) atoms. The van der Waals surface area contributed by atoms with E-state index in [9.17, 15) is 4.79 Å². The lowest BCUT2D eigenvalue weighted by Crippen LogP contribution is -2.22. The van der Waals surface area contributed by atoms with Crippen molar-refractivity contribution in [3.63, 3.8) is 0 Å². The molecule has 1 amide bonds. The highest BCUT2D eigenvalue weighted by Gasteiger charge is 2.23. The van der Waals surface area contributed by atoms with Crippen molar-refractivity contribution in [1.82, 2.24) is 35.7 Å². The molecule has 3 heterocycles. The summed E-state index contributed by atoms with van der Waals surface area (Å²) in [5, 5.41) is 19.2. The van der Waals surface area contributed by atoms with Gasteiger partial charge in [0, 0.05) is 6.20 Å². The molecule has 0 fully saturated rings. The first-order valence-electron chi connectivity index (χ1n) is 7.90. The molecule has 0 aliphatic rings. The van der Waals surface area contributed by atoms with Crippen LogP contribution in [0.1, 0.15) is 42.1 Å². The Hall–Kier alpha value is -3.63. The molecular formula is C15H17N9O2. The van der Waals surface area contributed by atoms with Crippen LogP contribution in [0.5, 0.6) is 0 Å². The second-order valence-corrected chi connectivity index (χ2v) is 5.37. The third kappa shape index (κ3) is 3.41. The van der Waals surface area contributed by atoms with E-state index in [4.69, 9.17) is 5.73 Å². The van der Waals surface area contributed by atoms with Gasteiger partial charge in [0.2, 0.25) is 11.6 Å². The first-order valence-corrected chi connectivity index (χ1v) is 7.90. The van der Waals surface area contributed by atoms with E-state index >= 15 is 0 Å². The molecule has 0 saturated carbocycles. The molecule has 134 valence electrons. The summed E-state index contributed by atoms with van der Waals surface area (Å²) >= 11 is 0. The minimum absolute atomic E-state index is 0.0585. The summed E-state index contributed by atoms with van der Waals surface area (Å²) in [7, 11) is 0. The van der Waals surface area contributed by atoms with Crippen LogP contribution in [-0.4, -0.2) is 41.9 Å². The molecule has 0 unspecified atom stereocenters. The SMILES string of the molecule is CCCc1c(C(=O)N/N=C(/C)c2ccccn2)nnn1-c1nonc1N. The van der Waals surface area contributed by atoms with Crippen LogP contribution in [0.2, 0.25) is 0 Å². The van der Waals surface area contributed by atoms with Crippen LogP contribution in [0.25, 0.3) is 5.82 Å². The highest BCUT2D eigenvalue weighted by Crippen LogP contribution is 2.17. The van der Waals surface area contributed by atoms with Gasteiger partial charge >= 0.3 is 0 Å². The molecule has 11 nitrogen and oxygen atoms in total. The lowest BCUT2D eigenvalue weighted by molar-refractivity contribution is 0.0948. The van der Waals surface area contributed by atoms with Crippen molar-refractivity contribution in [2.45, 2.75) is 26.7 Å². The molecule has 3 aromatic rings. The highest BCUT2D eigenvalue weighted by molar-refractivity contribution is 5.99. The lowest BCUT2D eigenvalue weighted by Gasteiger charge is -2.04. The molecule has 0 atom stereocenters. The molecule has 0 aromatic carbocycles. The molecule has 0 spiro atoms.